The second-order valence-electron chi connectivity index (χ2n) is 7.24. The molecule has 2 amide bonds. The summed E-state index contributed by atoms with van der Waals surface area (Å²) in [4.78, 5) is 52.0. The van der Waals surface area contributed by atoms with E-state index in [0.29, 0.717) is 23.5 Å². The number of carbonyl (C=O) groups is 4. The number of amides is 2. The summed E-state index contributed by atoms with van der Waals surface area (Å²) in [5, 5.41) is 2.71. The lowest BCUT2D eigenvalue weighted by atomic mass is 10.1. The van der Waals surface area contributed by atoms with Crippen LogP contribution < -0.4 is 10.2 Å². The Bertz CT molecular complexity index is 1160. The van der Waals surface area contributed by atoms with Crippen LogP contribution in [0.5, 0.6) is 0 Å². The average molecular weight is 465 g/mol. The number of Topliss-reactive ketones (excluding diaryl/α,β-unsaturated/α-hetero) is 1. The molecule has 0 saturated carbocycles. The van der Waals surface area contributed by atoms with Gasteiger partial charge in [0.15, 0.2) is 6.61 Å². The van der Waals surface area contributed by atoms with Crippen molar-refractivity contribution in [2.45, 2.75) is 13.3 Å². The van der Waals surface area contributed by atoms with E-state index in [4.69, 9.17) is 4.74 Å². The lowest BCUT2D eigenvalue weighted by Gasteiger charge is -2.18. The van der Waals surface area contributed by atoms with Gasteiger partial charge in [0, 0.05) is 31.1 Å². The summed E-state index contributed by atoms with van der Waals surface area (Å²) >= 11 is 1.30. The van der Waals surface area contributed by atoms with E-state index in [0.717, 1.165) is 4.88 Å². The number of ketones is 1. The highest BCUT2D eigenvalue weighted by Crippen LogP contribution is 2.20. The highest BCUT2D eigenvalue weighted by molar-refractivity contribution is 7.14. The highest BCUT2D eigenvalue weighted by atomic mass is 32.1. The van der Waals surface area contributed by atoms with Crippen molar-refractivity contribution < 1.29 is 23.9 Å². The molecule has 2 aromatic carbocycles. The summed E-state index contributed by atoms with van der Waals surface area (Å²) in [5.41, 5.74) is 0.978. The van der Waals surface area contributed by atoms with Crippen LogP contribution in [0.3, 0.4) is 0 Å². The Balaban J connectivity index is 1.63. The lowest BCUT2D eigenvalue weighted by Crippen LogP contribution is -2.28. The molecule has 0 aliphatic rings. The maximum atomic E-state index is 13.0. The smallest absolute Gasteiger partial charge is 0.339 e. The molecule has 0 saturated heterocycles. The molecule has 0 bridgehead atoms. The minimum absolute atomic E-state index is 0.0975. The molecule has 0 fully saturated rings. The number of nitrogens with zero attached hydrogens (tertiary/aromatic N) is 1. The fourth-order valence-corrected chi connectivity index (χ4v) is 4.03. The molecule has 170 valence electrons. The quantitative estimate of drug-likeness (QED) is 0.385. The number of ether oxygens (including phenoxy) is 1. The van der Waals surface area contributed by atoms with Crippen LogP contribution in [-0.2, 0) is 16.0 Å². The van der Waals surface area contributed by atoms with Crippen LogP contribution in [0.2, 0.25) is 0 Å². The van der Waals surface area contributed by atoms with Crippen molar-refractivity contribution in [2.75, 3.05) is 25.1 Å². The predicted molar refractivity (Wildman–Crippen MR) is 127 cm³/mol. The standard InChI is InChI=1S/C25H24N2O5S/c1-17(28)26-15-14-19-12-13-23(33-19)22(29)16-32-25(31)21-11-7-6-10-20(21)24(30)27(2)18-8-4-3-5-9-18/h3-13H,14-16H2,1-2H3,(H,26,28). The number of nitrogens with one attached hydrogen (secondary N) is 1. The molecule has 3 aromatic rings. The second-order valence-corrected chi connectivity index (χ2v) is 8.41. The van der Waals surface area contributed by atoms with E-state index in [1.165, 1.54) is 29.2 Å². The molecule has 1 heterocycles. The molecule has 0 aliphatic carbocycles. The van der Waals surface area contributed by atoms with Crippen molar-refractivity contribution in [1.82, 2.24) is 5.32 Å². The first-order valence-electron chi connectivity index (χ1n) is 10.3. The zero-order valence-electron chi connectivity index (χ0n) is 18.4. The van der Waals surface area contributed by atoms with Gasteiger partial charge in [0.2, 0.25) is 11.7 Å². The molecule has 1 N–H and O–H groups in total. The number of anilines is 1. The molecule has 0 spiro atoms. The van der Waals surface area contributed by atoms with Crippen molar-refractivity contribution in [3.63, 3.8) is 0 Å². The zero-order chi connectivity index (χ0) is 23.8. The van der Waals surface area contributed by atoms with Gasteiger partial charge in [0.25, 0.3) is 5.91 Å². The van der Waals surface area contributed by atoms with E-state index < -0.39 is 12.6 Å². The van der Waals surface area contributed by atoms with Crippen LogP contribution in [0.4, 0.5) is 5.69 Å². The summed E-state index contributed by atoms with van der Waals surface area (Å²) in [6, 6.07) is 18.9. The Morgan fingerprint density at radius 3 is 2.27 bits per heavy atom. The minimum atomic E-state index is -0.740. The Hall–Kier alpha value is -3.78. The monoisotopic (exact) mass is 464 g/mol. The van der Waals surface area contributed by atoms with E-state index in [1.807, 2.05) is 24.3 Å². The van der Waals surface area contributed by atoms with Crippen molar-refractivity contribution in [2.24, 2.45) is 0 Å². The largest absolute Gasteiger partial charge is 0.454 e. The van der Waals surface area contributed by atoms with Crippen LogP contribution in [-0.4, -0.2) is 43.8 Å². The Morgan fingerprint density at radius 2 is 1.58 bits per heavy atom. The van der Waals surface area contributed by atoms with Crippen LogP contribution >= 0.6 is 11.3 Å². The van der Waals surface area contributed by atoms with Gasteiger partial charge >= 0.3 is 5.97 Å². The van der Waals surface area contributed by atoms with Crippen LogP contribution in [0.15, 0.2) is 66.7 Å². The summed E-state index contributed by atoms with van der Waals surface area (Å²) in [6.07, 6.45) is 0.613. The fraction of sp³-hybridized carbons (Fsp3) is 0.200. The maximum absolute atomic E-state index is 13.0. The molecule has 1 aromatic heterocycles. The molecule has 0 radical (unpaired) electrons. The van der Waals surface area contributed by atoms with E-state index in [2.05, 4.69) is 5.32 Å². The summed E-state index contributed by atoms with van der Waals surface area (Å²) < 4.78 is 5.23. The molecule has 3 rings (SSSR count). The third kappa shape index (κ3) is 6.36. The van der Waals surface area contributed by atoms with Gasteiger partial charge in [-0.05, 0) is 42.8 Å². The predicted octanol–water partition coefficient (Wildman–Crippen LogP) is 3.74. The highest BCUT2D eigenvalue weighted by Gasteiger charge is 2.22. The molecule has 0 aliphatic heterocycles. The van der Waals surface area contributed by atoms with Gasteiger partial charge in [-0.25, -0.2) is 4.79 Å². The Labute approximate surface area is 196 Å². The third-order valence-electron chi connectivity index (χ3n) is 4.84. The number of hydrogen-bond donors (Lipinski definition) is 1. The van der Waals surface area contributed by atoms with Crippen LogP contribution in [0.1, 0.15) is 42.2 Å². The van der Waals surface area contributed by atoms with Gasteiger partial charge < -0.3 is 15.0 Å². The molecule has 0 unspecified atom stereocenters. The maximum Gasteiger partial charge on any atom is 0.339 e. The van der Waals surface area contributed by atoms with E-state index in [1.54, 1.807) is 43.4 Å². The Kier molecular flexibility index (Phi) is 8.10. The second kappa shape index (κ2) is 11.2. The number of rotatable bonds is 9. The summed E-state index contributed by atoms with van der Waals surface area (Å²) in [6.45, 7) is 1.51. The topological polar surface area (TPSA) is 92.8 Å². The van der Waals surface area contributed by atoms with E-state index >= 15 is 0 Å². The van der Waals surface area contributed by atoms with Crippen LogP contribution in [0.25, 0.3) is 0 Å². The number of carbonyl (C=O) groups excluding carboxylic acids is 4. The number of para-hydroxylation sites is 1. The molecule has 8 heteroatoms. The van der Waals surface area contributed by atoms with Gasteiger partial charge in [-0.2, -0.15) is 0 Å². The number of hydrogen-bond acceptors (Lipinski definition) is 6. The van der Waals surface area contributed by atoms with Crippen LogP contribution in [0, 0.1) is 0 Å². The fourth-order valence-electron chi connectivity index (χ4n) is 3.10. The Morgan fingerprint density at radius 1 is 0.909 bits per heavy atom. The first-order chi connectivity index (χ1) is 15.9. The van der Waals surface area contributed by atoms with Gasteiger partial charge in [0.1, 0.15) is 0 Å². The molecular weight excluding hydrogens is 440 g/mol. The van der Waals surface area contributed by atoms with E-state index in [-0.39, 0.29) is 28.7 Å². The van der Waals surface area contributed by atoms with Gasteiger partial charge in [-0.15, -0.1) is 11.3 Å². The first-order valence-corrected chi connectivity index (χ1v) is 11.1. The van der Waals surface area contributed by atoms with Gasteiger partial charge in [-0.1, -0.05) is 30.3 Å². The van der Waals surface area contributed by atoms with Crippen molar-refractivity contribution >= 4 is 40.6 Å². The number of thiophene rings is 1. The number of esters is 1. The minimum Gasteiger partial charge on any atom is -0.454 e. The summed E-state index contributed by atoms with van der Waals surface area (Å²) in [5.74, 6) is -1.54. The van der Waals surface area contributed by atoms with Gasteiger partial charge in [0.05, 0.1) is 16.0 Å². The van der Waals surface area contributed by atoms with E-state index in [9.17, 15) is 19.2 Å². The molecule has 33 heavy (non-hydrogen) atoms. The molecule has 7 nitrogen and oxygen atoms in total. The normalized spacial score (nSPS) is 10.4. The first kappa shape index (κ1) is 23.9. The number of benzene rings is 2. The molecular formula is C25H24N2O5S. The average Bonchev–Trinajstić information content (AvgIpc) is 3.30. The zero-order valence-corrected chi connectivity index (χ0v) is 19.2. The summed E-state index contributed by atoms with van der Waals surface area (Å²) in [7, 11) is 1.63. The van der Waals surface area contributed by atoms with Crippen molar-refractivity contribution in [1.29, 1.82) is 0 Å². The lowest BCUT2D eigenvalue weighted by molar-refractivity contribution is -0.118. The van der Waals surface area contributed by atoms with Crippen molar-refractivity contribution in [3.05, 3.63) is 87.6 Å². The van der Waals surface area contributed by atoms with Crippen molar-refractivity contribution in [3.8, 4) is 0 Å². The van der Waals surface area contributed by atoms with Gasteiger partial charge in [-0.3, -0.25) is 14.4 Å². The molecule has 0 atom stereocenters. The third-order valence-corrected chi connectivity index (χ3v) is 6.03. The SMILES string of the molecule is CC(=O)NCCc1ccc(C(=O)COC(=O)c2ccccc2C(=O)N(C)c2ccccc2)s1.